The molecule has 7 nitrogen and oxygen atoms in total. The molecule has 36 heavy (non-hydrogen) atoms. The largest absolute Gasteiger partial charge is 0.356 e. The molecule has 0 bridgehead atoms. The lowest BCUT2D eigenvalue weighted by Crippen LogP contribution is -2.57. The summed E-state index contributed by atoms with van der Waals surface area (Å²) < 4.78 is 0. The Morgan fingerprint density at radius 1 is 1.14 bits per heavy atom. The highest BCUT2D eigenvalue weighted by Crippen LogP contribution is 2.46. The predicted octanol–water partition coefficient (Wildman–Crippen LogP) is 3.79. The molecular weight excluding hydrogens is 472 g/mol. The van der Waals surface area contributed by atoms with Gasteiger partial charge in [0, 0.05) is 34.6 Å². The topological polar surface area (TPSA) is 94.3 Å². The summed E-state index contributed by atoms with van der Waals surface area (Å²) in [6, 6.07) is 13.9. The van der Waals surface area contributed by atoms with Crippen molar-refractivity contribution in [1.29, 1.82) is 0 Å². The number of aromatic amines is 1. The highest BCUT2D eigenvalue weighted by Gasteiger charge is 2.49. The SMILES string of the molecule is CC[C@H](C)NC(=O)[C@H](CCSC)NC(=O)[C@H]1Cc2c([nH]c3ccccc23)[C@@H]2c3ccccc3C(=O)N21. The molecule has 3 N–H and O–H groups in total. The van der Waals surface area contributed by atoms with Gasteiger partial charge in [-0.3, -0.25) is 14.4 Å². The second kappa shape index (κ2) is 10.0. The number of nitrogens with zero attached hydrogens (tertiary/aromatic N) is 1. The van der Waals surface area contributed by atoms with E-state index in [-0.39, 0.29) is 29.8 Å². The number of aromatic nitrogens is 1. The van der Waals surface area contributed by atoms with Crippen molar-refractivity contribution in [2.24, 2.45) is 0 Å². The van der Waals surface area contributed by atoms with Crippen LogP contribution in [0.25, 0.3) is 10.9 Å². The molecule has 188 valence electrons. The van der Waals surface area contributed by atoms with E-state index in [9.17, 15) is 14.4 Å². The Morgan fingerprint density at radius 3 is 2.67 bits per heavy atom. The van der Waals surface area contributed by atoms with Crippen LogP contribution in [0, 0.1) is 0 Å². The summed E-state index contributed by atoms with van der Waals surface area (Å²) in [7, 11) is 0. The first-order valence-electron chi connectivity index (χ1n) is 12.5. The van der Waals surface area contributed by atoms with E-state index in [0.717, 1.165) is 39.9 Å². The zero-order valence-electron chi connectivity index (χ0n) is 20.8. The number of amides is 3. The van der Waals surface area contributed by atoms with Crippen molar-refractivity contribution in [1.82, 2.24) is 20.5 Å². The first-order chi connectivity index (χ1) is 17.4. The van der Waals surface area contributed by atoms with Crippen LogP contribution in [0.2, 0.25) is 0 Å². The van der Waals surface area contributed by atoms with Crippen LogP contribution in [-0.2, 0) is 16.0 Å². The number of carbonyl (C=O) groups excluding carboxylic acids is 3. The van der Waals surface area contributed by atoms with Crippen LogP contribution in [-0.4, -0.2) is 57.7 Å². The average Bonchev–Trinajstić information content (AvgIpc) is 3.41. The molecule has 0 spiro atoms. The van der Waals surface area contributed by atoms with Gasteiger partial charge < -0.3 is 20.5 Å². The third kappa shape index (κ3) is 4.17. The average molecular weight is 505 g/mol. The van der Waals surface area contributed by atoms with Crippen molar-refractivity contribution >= 4 is 40.4 Å². The standard InChI is InChI=1S/C28H32N4O3S/c1-4-16(2)29-26(33)22(13-14-36-3)31-27(34)23-15-20-17-9-7-8-12-21(17)30-24(20)25-18-10-5-6-11-19(18)28(35)32(23)25/h5-12,16,22-23,25,30H,4,13-15H2,1-3H3,(H,29,33)(H,31,34)/t16-,22-,23+,25-/m0/s1. The Labute approximate surface area is 215 Å². The maximum absolute atomic E-state index is 13.8. The summed E-state index contributed by atoms with van der Waals surface area (Å²) in [4.78, 5) is 45.7. The summed E-state index contributed by atoms with van der Waals surface area (Å²) in [5, 5.41) is 7.08. The van der Waals surface area contributed by atoms with E-state index in [0.29, 0.717) is 18.4 Å². The second-order valence-corrected chi connectivity index (χ2v) is 10.6. The first-order valence-corrected chi connectivity index (χ1v) is 13.9. The normalized spacial score (nSPS) is 19.9. The fourth-order valence-electron chi connectivity index (χ4n) is 5.36. The summed E-state index contributed by atoms with van der Waals surface area (Å²) >= 11 is 1.64. The van der Waals surface area contributed by atoms with E-state index in [1.165, 1.54) is 0 Å². The minimum atomic E-state index is -0.713. The van der Waals surface area contributed by atoms with E-state index in [4.69, 9.17) is 0 Å². The fourth-order valence-corrected chi connectivity index (χ4v) is 5.83. The molecule has 5 rings (SSSR count). The third-order valence-corrected chi connectivity index (χ3v) is 8.04. The van der Waals surface area contributed by atoms with Gasteiger partial charge in [-0.25, -0.2) is 0 Å². The summed E-state index contributed by atoms with van der Waals surface area (Å²) in [5.74, 6) is 0.127. The molecule has 2 aliphatic rings. The molecule has 2 aliphatic heterocycles. The van der Waals surface area contributed by atoms with Crippen molar-refractivity contribution in [3.05, 3.63) is 70.9 Å². The molecule has 0 radical (unpaired) electrons. The first kappa shape index (κ1) is 24.4. The summed E-state index contributed by atoms with van der Waals surface area (Å²) in [6.07, 6.45) is 3.71. The number of thioether (sulfide) groups is 1. The number of hydrogen-bond donors (Lipinski definition) is 3. The monoisotopic (exact) mass is 504 g/mol. The molecule has 0 aliphatic carbocycles. The van der Waals surface area contributed by atoms with Crippen molar-refractivity contribution in [3.8, 4) is 0 Å². The van der Waals surface area contributed by atoms with Crippen molar-refractivity contribution in [2.45, 2.75) is 57.3 Å². The van der Waals surface area contributed by atoms with Crippen molar-refractivity contribution < 1.29 is 14.4 Å². The van der Waals surface area contributed by atoms with Gasteiger partial charge in [0.05, 0.1) is 6.04 Å². The number of hydrogen-bond acceptors (Lipinski definition) is 4. The zero-order chi connectivity index (χ0) is 25.4. The van der Waals surface area contributed by atoms with Crippen LogP contribution >= 0.6 is 11.8 Å². The second-order valence-electron chi connectivity index (χ2n) is 9.65. The Morgan fingerprint density at radius 2 is 1.89 bits per heavy atom. The van der Waals surface area contributed by atoms with Gasteiger partial charge in [0.15, 0.2) is 0 Å². The van der Waals surface area contributed by atoms with Crippen LogP contribution in [0.4, 0.5) is 0 Å². The van der Waals surface area contributed by atoms with Crippen LogP contribution < -0.4 is 10.6 Å². The minimum absolute atomic E-state index is 0.0219. The molecule has 0 saturated heterocycles. The number of carbonyl (C=O) groups is 3. The number of benzene rings is 2. The van der Waals surface area contributed by atoms with E-state index < -0.39 is 12.1 Å². The molecule has 8 heteroatoms. The molecular formula is C28H32N4O3S. The lowest BCUT2D eigenvalue weighted by Gasteiger charge is -2.37. The predicted molar refractivity (Wildman–Crippen MR) is 143 cm³/mol. The summed E-state index contributed by atoms with van der Waals surface area (Å²) in [5.41, 5.74) is 4.54. The number of fused-ring (bicyclic) bond motifs is 7. The Balaban J connectivity index is 1.51. The highest BCUT2D eigenvalue weighted by atomic mass is 32.2. The summed E-state index contributed by atoms with van der Waals surface area (Å²) in [6.45, 7) is 3.97. The van der Waals surface area contributed by atoms with Gasteiger partial charge in [0.1, 0.15) is 12.1 Å². The van der Waals surface area contributed by atoms with Crippen LogP contribution in [0.3, 0.4) is 0 Å². The molecule has 3 heterocycles. The van der Waals surface area contributed by atoms with Gasteiger partial charge in [-0.15, -0.1) is 0 Å². The van der Waals surface area contributed by atoms with Gasteiger partial charge in [-0.2, -0.15) is 11.8 Å². The van der Waals surface area contributed by atoms with Gasteiger partial charge in [0.25, 0.3) is 5.91 Å². The molecule has 0 fully saturated rings. The number of para-hydroxylation sites is 1. The fraction of sp³-hybridized carbons (Fsp3) is 0.393. The molecule has 3 amide bonds. The molecule has 3 aromatic rings. The maximum atomic E-state index is 13.8. The van der Waals surface area contributed by atoms with Crippen LogP contribution in [0.15, 0.2) is 48.5 Å². The number of H-pyrrole nitrogens is 1. The number of rotatable bonds is 8. The van der Waals surface area contributed by atoms with Gasteiger partial charge in [-0.1, -0.05) is 43.3 Å². The van der Waals surface area contributed by atoms with Crippen LogP contribution in [0.1, 0.15) is 59.9 Å². The Kier molecular flexibility index (Phi) is 6.79. The van der Waals surface area contributed by atoms with Crippen molar-refractivity contribution in [3.63, 3.8) is 0 Å². The van der Waals surface area contributed by atoms with E-state index in [2.05, 4.69) is 21.7 Å². The smallest absolute Gasteiger partial charge is 0.255 e. The maximum Gasteiger partial charge on any atom is 0.255 e. The zero-order valence-corrected chi connectivity index (χ0v) is 21.7. The van der Waals surface area contributed by atoms with Crippen molar-refractivity contribution in [2.75, 3.05) is 12.0 Å². The third-order valence-electron chi connectivity index (χ3n) is 7.40. The van der Waals surface area contributed by atoms with Gasteiger partial charge >= 0.3 is 0 Å². The Bertz CT molecular complexity index is 1320. The molecule has 0 saturated carbocycles. The minimum Gasteiger partial charge on any atom is -0.356 e. The molecule has 2 aromatic carbocycles. The quantitative estimate of drug-likeness (QED) is 0.435. The highest BCUT2D eigenvalue weighted by molar-refractivity contribution is 7.98. The molecule has 0 unspecified atom stereocenters. The van der Waals surface area contributed by atoms with E-state index in [1.807, 2.05) is 62.6 Å². The lowest BCUT2D eigenvalue weighted by molar-refractivity contribution is -0.132. The van der Waals surface area contributed by atoms with E-state index in [1.54, 1.807) is 16.7 Å². The molecule has 1 aromatic heterocycles. The van der Waals surface area contributed by atoms with Gasteiger partial charge in [0.2, 0.25) is 11.8 Å². The lowest BCUT2D eigenvalue weighted by atomic mass is 9.89. The van der Waals surface area contributed by atoms with E-state index >= 15 is 0 Å². The van der Waals surface area contributed by atoms with Gasteiger partial charge in [-0.05, 0) is 55.0 Å². The van der Waals surface area contributed by atoms with Crippen LogP contribution in [0.5, 0.6) is 0 Å². The Hall–Kier alpha value is -3.26. The number of nitrogens with one attached hydrogen (secondary N) is 3. The molecule has 4 atom stereocenters.